The van der Waals surface area contributed by atoms with Crippen molar-refractivity contribution in [2.45, 2.75) is 23.8 Å². The Morgan fingerprint density at radius 2 is 2.29 bits per heavy atom. The van der Waals surface area contributed by atoms with Crippen LogP contribution in [0.5, 0.6) is 5.75 Å². The van der Waals surface area contributed by atoms with Crippen LogP contribution in [0.25, 0.3) is 0 Å². The largest absolute Gasteiger partial charge is 0.488 e. The van der Waals surface area contributed by atoms with Crippen LogP contribution >= 0.6 is 23.1 Å². The summed E-state index contributed by atoms with van der Waals surface area (Å²) in [4.78, 5) is 8.13. The molecule has 0 aromatic carbocycles. The predicted octanol–water partition coefficient (Wildman–Crippen LogP) is 3.28. The molecule has 2 aliphatic heterocycles. The number of ether oxygens (including phenoxy) is 1. The molecule has 0 aliphatic carbocycles. The maximum Gasteiger partial charge on any atom is 0.138 e. The van der Waals surface area contributed by atoms with Gasteiger partial charge in [-0.3, -0.25) is 9.88 Å². The first kappa shape index (κ1) is 13.6. The summed E-state index contributed by atoms with van der Waals surface area (Å²) in [5, 5.41) is 2.16. The van der Waals surface area contributed by atoms with Gasteiger partial charge in [0.15, 0.2) is 0 Å². The van der Waals surface area contributed by atoms with Crippen LogP contribution in [-0.4, -0.2) is 39.6 Å². The third kappa shape index (κ3) is 2.96. The van der Waals surface area contributed by atoms with Crippen molar-refractivity contribution in [3.63, 3.8) is 0 Å². The first-order chi connectivity index (χ1) is 10.3. The second-order valence-electron chi connectivity index (χ2n) is 5.85. The van der Waals surface area contributed by atoms with Crippen LogP contribution in [0.4, 0.5) is 0 Å². The van der Waals surface area contributed by atoms with E-state index in [2.05, 4.69) is 39.2 Å². The van der Waals surface area contributed by atoms with E-state index in [-0.39, 0.29) is 0 Å². The van der Waals surface area contributed by atoms with Gasteiger partial charge < -0.3 is 4.74 Å². The Bertz CT molecular complexity index is 582. The Hall–Kier alpha value is -1.04. The number of pyridine rings is 1. The molecule has 110 valence electrons. The number of hydrogen-bond donors (Lipinski definition) is 0. The van der Waals surface area contributed by atoms with Crippen molar-refractivity contribution < 1.29 is 4.74 Å². The van der Waals surface area contributed by atoms with Gasteiger partial charge in [0.25, 0.3) is 0 Å². The molecule has 0 N–H and O–H groups in total. The number of likely N-dealkylation sites (tertiary alicyclic amines) is 1. The van der Waals surface area contributed by atoms with Gasteiger partial charge in [0.1, 0.15) is 11.9 Å². The average Bonchev–Trinajstić information content (AvgIpc) is 3.10. The number of aromatic nitrogens is 1. The Morgan fingerprint density at radius 3 is 3.05 bits per heavy atom. The van der Waals surface area contributed by atoms with E-state index < -0.39 is 0 Å². The Labute approximate surface area is 133 Å². The molecule has 0 amide bonds. The molecular formula is C16H18N2OS2. The molecule has 0 radical (unpaired) electrons. The van der Waals surface area contributed by atoms with Crippen LogP contribution in [0.2, 0.25) is 0 Å². The van der Waals surface area contributed by atoms with Gasteiger partial charge in [0, 0.05) is 47.6 Å². The zero-order chi connectivity index (χ0) is 14.1. The van der Waals surface area contributed by atoms with E-state index in [1.54, 1.807) is 12.4 Å². The molecule has 4 rings (SSSR count). The summed E-state index contributed by atoms with van der Waals surface area (Å²) in [6, 6.07) is 8.29. The van der Waals surface area contributed by atoms with Crippen molar-refractivity contribution in [2.75, 3.05) is 18.8 Å². The molecule has 4 heterocycles. The lowest BCUT2D eigenvalue weighted by Crippen LogP contribution is -2.58. The Kier molecular flexibility index (Phi) is 3.65. The van der Waals surface area contributed by atoms with Crippen molar-refractivity contribution in [3.8, 4) is 5.75 Å². The van der Waals surface area contributed by atoms with Crippen LogP contribution in [-0.2, 0) is 6.54 Å². The fourth-order valence-corrected chi connectivity index (χ4v) is 5.53. The highest BCUT2D eigenvalue weighted by atomic mass is 32.2. The summed E-state index contributed by atoms with van der Waals surface area (Å²) in [6.45, 7) is 3.50. The quantitative estimate of drug-likeness (QED) is 0.864. The third-order valence-corrected chi connectivity index (χ3v) is 6.53. The van der Waals surface area contributed by atoms with Gasteiger partial charge in [-0.25, -0.2) is 0 Å². The number of rotatable bonds is 4. The molecule has 0 saturated carbocycles. The minimum atomic E-state index is 0.336. The van der Waals surface area contributed by atoms with Crippen LogP contribution in [0.1, 0.15) is 11.3 Å². The Balaban J connectivity index is 1.29. The van der Waals surface area contributed by atoms with E-state index in [1.807, 2.05) is 23.5 Å². The van der Waals surface area contributed by atoms with Crippen molar-refractivity contribution in [2.24, 2.45) is 0 Å². The topological polar surface area (TPSA) is 25.4 Å². The molecule has 1 spiro atoms. The standard InChI is InChI=1S/C16H18N2OS2/c1-3-13(8-17-5-1)19-14-7-16(21-10-14)11-18(12-16)9-15-4-2-6-20-15/h1-6,8,14H,7,9-12H2/t14-/m0/s1. The highest BCUT2D eigenvalue weighted by molar-refractivity contribution is 8.01. The number of nitrogens with zero attached hydrogens (tertiary/aromatic N) is 2. The molecule has 3 nitrogen and oxygen atoms in total. The van der Waals surface area contributed by atoms with Gasteiger partial charge in [-0.05, 0) is 23.6 Å². The fourth-order valence-electron chi connectivity index (χ4n) is 3.21. The predicted molar refractivity (Wildman–Crippen MR) is 88.1 cm³/mol. The maximum absolute atomic E-state index is 6.05. The summed E-state index contributed by atoms with van der Waals surface area (Å²) in [5.74, 6) is 2.00. The monoisotopic (exact) mass is 318 g/mol. The normalized spacial score (nSPS) is 24.1. The molecule has 21 heavy (non-hydrogen) atoms. The number of thiophene rings is 1. The van der Waals surface area contributed by atoms with Crippen LogP contribution in [0.3, 0.4) is 0 Å². The van der Waals surface area contributed by atoms with Gasteiger partial charge in [0.05, 0.1) is 6.20 Å². The molecule has 2 aliphatic rings. The lowest BCUT2D eigenvalue weighted by Gasteiger charge is -2.47. The smallest absolute Gasteiger partial charge is 0.138 e. The van der Waals surface area contributed by atoms with Gasteiger partial charge in [0.2, 0.25) is 0 Å². The van der Waals surface area contributed by atoms with E-state index in [0.717, 1.165) is 24.5 Å². The van der Waals surface area contributed by atoms with Crippen molar-refractivity contribution in [1.82, 2.24) is 9.88 Å². The van der Waals surface area contributed by atoms with E-state index in [1.165, 1.54) is 18.0 Å². The molecule has 2 saturated heterocycles. The van der Waals surface area contributed by atoms with Crippen molar-refractivity contribution in [1.29, 1.82) is 0 Å². The highest BCUT2D eigenvalue weighted by Crippen LogP contribution is 2.46. The minimum absolute atomic E-state index is 0.336. The molecule has 1 atom stereocenters. The second-order valence-corrected chi connectivity index (χ2v) is 8.37. The summed E-state index contributed by atoms with van der Waals surface area (Å²) in [6.07, 6.45) is 5.09. The van der Waals surface area contributed by atoms with E-state index in [4.69, 9.17) is 4.74 Å². The van der Waals surface area contributed by atoms with Gasteiger partial charge in [-0.1, -0.05) is 6.07 Å². The van der Waals surface area contributed by atoms with Gasteiger partial charge >= 0.3 is 0 Å². The molecule has 0 bridgehead atoms. The second kappa shape index (κ2) is 5.63. The van der Waals surface area contributed by atoms with Crippen molar-refractivity contribution in [3.05, 3.63) is 46.9 Å². The Morgan fingerprint density at radius 1 is 1.33 bits per heavy atom. The summed E-state index contributed by atoms with van der Waals surface area (Å²) in [7, 11) is 0. The summed E-state index contributed by atoms with van der Waals surface area (Å²) >= 11 is 3.95. The average molecular weight is 318 g/mol. The third-order valence-electron chi connectivity index (χ3n) is 4.10. The van der Waals surface area contributed by atoms with E-state index in [9.17, 15) is 0 Å². The van der Waals surface area contributed by atoms with Crippen LogP contribution < -0.4 is 4.74 Å². The van der Waals surface area contributed by atoms with Crippen molar-refractivity contribution >= 4 is 23.1 Å². The lowest BCUT2D eigenvalue weighted by atomic mass is 9.93. The SMILES string of the molecule is c1cncc(O[C@@H]2CSC3(C2)CN(Cc2cccs2)C3)c1. The van der Waals surface area contributed by atoms with E-state index in [0.29, 0.717) is 10.9 Å². The maximum atomic E-state index is 6.05. The zero-order valence-corrected chi connectivity index (χ0v) is 13.4. The van der Waals surface area contributed by atoms with Gasteiger partial charge in [-0.15, -0.1) is 23.1 Å². The van der Waals surface area contributed by atoms with Gasteiger partial charge in [-0.2, -0.15) is 0 Å². The summed E-state index contributed by atoms with van der Waals surface area (Å²) < 4.78 is 6.48. The van der Waals surface area contributed by atoms with Crippen LogP contribution in [0, 0.1) is 0 Å². The molecular weight excluding hydrogens is 300 g/mol. The fraction of sp³-hybridized carbons (Fsp3) is 0.438. The first-order valence-electron chi connectivity index (χ1n) is 7.27. The zero-order valence-electron chi connectivity index (χ0n) is 11.8. The lowest BCUT2D eigenvalue weighted by molar-refractivity contribution is 0.0929. The summed E-state index contributed by atoms with van der Waals surface area (Å²) in [5.41, 5.74) is 0. The highest BCUT2D eigenvalue weighted by Gasteiger charge is 2.49. The first-order valence-corrected chi connectivity index (χ1v) is 9.13. The minimum Gasteiger partial charge on any atom is -0.488 e. The van der Waals surface area contributed by atoms with Crippen LogP contribution in [0.15, 0.2) is 42.0 Å². The molecule has 5 heteroatoms. The molecule has 0 unspecified atom stereocenters. The number of hydrogen-bond acceptors (Lipinski definition) is 5. The molecule has 2 fully saturated rings. The molecule has 2 aromatic rings. The number of thioether (sulfide) groups is 1. The molecule has 2 aromatic heterocycles. The van der Waals surface area contributed by atoms with E-state index >= 15 is 0 Å².